The molecule has 3 heterocycles. The SMILES string of the molecule is CC(C)=CCn1c(C(=O)NCCN2CCOCC2)cc2sccc21. The average molecular weight is 347 g/mol. The smallest absolute Gasteiger partial charge is 0.268 e. The topological polar surface area (TPSA) is 46.5 Å². The van der Waals surface area contributed by atoms with Crippen LogP contribution in [-0.4, -0.2) is 54.8 Å². The van der Waals surface area contributed by atoms with Gasteiger partial charge in [-0.3, -0.25) is 9.69 Å². The van der Waals surface area contributed by atoms with E-state index in [0.717, 1.165) is 55.3 Å². The number of nitrogens with zero attached hydrogens (tertiary/aromatic N) is 2. The second-order valence-corrected chi connectivity index (χ2v) is 7.25. The van der Waals surface area contributed by atoms with Gasteiger partial charge in [0.15, 0.2) is 0 Å². The van der Waals surface area contributed by atoms with E-state index in [0.29, 0.717) is 6.54 Å². The average Bonchev–Trinajstić information content (AvgIpc) is 3.15. The number of amides is 1. The summed E-state index contributed by atoms with van der Waals surface area (Å²) >= 11 is 1.68. The number of allylic oxidation sites excluding steroid dienone is 2. The second-order valence-electron chi connectivity index (χ2n) is 6.30. The summed E-state index contributed by atoms with van der Waals surface area (Å²) in [6, 6.07) is 4.09. The molecule has 0 atom stereocenters. The summed E-state index contributed by atoms with van der Waals surface area (Å²) in [6.07, 6.45) is 2.15. The highest BCUT2D eigenvalue weighted by atomic mass is 32.1. The van der Waals surface area contributed by atoms with Gasteiger partial charge in [0.1, 0.15) is 5.69 Å². The predicted molar refractivity (Wildman–Crippen MR) is 98.8 cm³/mol. The summed E-state index contributed by atoms with van der Waals surface area (Å²) in [5.74, 6) is 0.00816. The molecule has 3 rings (SSSR count). The van der Waals surface area contributed by atoms with Crippen LogP contribution in [0, 0.1) is 0 Å². The van der Waals surface area contributed by atoms with Crippen molar-refractivity contribution in [2.75, 3.05) is 39.4 Å². The molecular weight excluding hydrogens is 322 g/mol. The van der Waals surface area contributed by atoms with Crippen molar-refractivity contribution in [1.82, 2.24) is 14.8 Å². The summed E-state index contributed by atoms with van der Waals surface area (Å²) in [4.78, 5) is 15.0. The molecule has 1 fully saturated rings. The quantitative estimate of drug-likeness (QED) is 0.818. The number of aromatic nitrogens is 1. The van der Waals surface area contributed by atoms with Crippen LogP contribution < -0.4 is 5.32 Å². The lowest BCUT2D eigenvalue weighted by molar-refractivity contribution is 0.0383. The Morgan fingerprint density at radius 2 is 2.17 bits per heavy atom. The number of thiophene rings is 1. The molecule has 2 aromatic heterocycles. The van der Waals surface area contributed by atoms with Gasteiger partial charge in [-0.2, -0.15) is 0 Å². The van der Waals surface area contributed by atoms with Crippen molar-refractivity contribution in [3.63, 3.8) is 0 Å². The van der Waals surface area contributed by atoms with E-state index in [1.165, 1.54) is 5.57 Å². The molecule has 5 nitrogen and oxygen atoms in total. The molecule has 1 amide bonds. The second kappa shape index (κ2) is 7.96. The van der Waals surface area contributed by atoms with Crippen molar-refractivity contribution < 1.29 is 9.53 Å². The van der Waals surface area contributed by atoms with Gasteiger partial charge in [0, 0.05) is 32.7 Å². The van der Waals surface area contributed by atoms with Crippen molar-refractivity contribution in [2.24, 2.45) is 0 Å². The molecule has 0 saturated carbocycles. The molecule has 2 aromatic rings. The minimum atomic E-state index is 0.00816. The van der Waals surface area contributed by atoms with Crippen LogP contribution in [-0.2, 0) is 11.3 Å². The molecule has 0 radical (unpaired) electrons. The first kappa shape index (κ1) is 17.2. The van der Waals surface area contributed by atoms with E-state index in [2.05, 4.69) is 46.2 Å². The molecular formula is C18H25N3O2S. The van der Waals surface area contributed by atoms with Gasteiger partial charge in [0.25, 0.3) is 5.91 Å². The molecule has 0 spiro atoms. The highest BCUT2D eigenvalue weighted by Gasteiger charge is 2.16. The van der Waals surface area contributed by atoms with Crippen molar-refractivity contribution in [3.8, 4) is 0 Å². The number of fused-ring (bicyclic) bond motifs is 1. The monoisotopic (exact) mass is 347 g/mol. The Bertz CT molecular complexity index is 722. The van der Waals surface area contributed by atoms with E-state index >= 15 is 0 Å². The van der Waals surface area contributed by atoms with Gasteiger partial charge in [0.2, 0.25) is 0 Å². The van der Waals surface area contributed by atoms with Gasteiger partial charge in [-0.05, 0) is 31.4 Å². The number of nitrogens with one attached hydrogen (secondary N) is 1. The van der Waals surface area contributed by atoms with Crippen molar-refractivity contribution in [3.05, 3.63) is 34.9 Å². The highest BCUT2D eigenvalue weighted by Crippen LogP contribution is 2.25. The van der Waals surface area contributed by atoms with E-state index < -0.39 is 0 Å². The minimum Gasteiger partial charge on any atom is -0.379 e. The Kier molecular flexibility index (Phi) is 5.71. The van der Waals surface area contributed by atoms with Gasteiger partial charge >= 0.3 is 0 Å². The molecule has 130 valence electrons. The van der Waals surface area contributed by atoms with Gasteiger partial charge in [-0.15, -0.1) is 11.3 Å². The third-order valence-corrected chi connectivity index (χ3v) is 5.11. The molecule has 1 aliphatic heterocycles. The van der Waals surface area contributed by atoms with Gasteiger partial charge < -0.3 is 14.6 Å². The Hall–Kier alpha value is -1.63. The first-order valence-electron chi connectivity index (χ1n) is 8.43. The lowest BCUT2D eigenvalue weighted by atomic mass is 10.3. The van der Waals surface area contributed by atoms with Crippen LogP contribution in [0.2, 0.25) is 0 Å². The Balaban J connectivity index is 1.66. The number of carbonyl (C=O) groups is 1. The molecule has 6 heteroatoms. The molecule has 0 unspecified atom stereocenters. The zero-order valence-electron chi connectivity index (χ0n) is 14.4. The van der Waals surface area contributed by atoms with E-state index in [9.17, 15) is 4.79 Å². The molecule has 1 N–H and O–H groups in total. The lowest BCUT2D eigenvalue weighted by Gasteiger charge is -2.26. The third kappa shape index (κ3) is 4.06. The van der Waals surface area contributed by atoms with E-state index in [1.54, 1.807) is 11.3 Å². The van der Waals surface area contributed by atoms with E-state index in [1.807, 2.05) is 6.07 Å². The normalized spacial score (nSPS) is 15.6. The number of carbonyl (C=O) groups excluding carboxylic acids is 1. The third-order valence-electron chi connectivity index (χ3n) is 4.25. The maximum absolute atomic E-state index is 12.6. The number of hydrogen-bond donors (Lipinski definition) is 1. The Labute approximate surface area is 146 Å². The zero-order chi connectivity index (χ0) is 16.9. The first-order chi connectivity index (χ1) is 11.6. The standard InChI is InChI=1S/C18H25N3O2S/c1-14(2)3-6-21-15-4-12-24-17(15)13-16(21)18(22)19-5-7-20-8-10-23-11-9-20/h3-4,12-13H,5-11H2,1-2H3,(H,19,22). The highest BCUT2D eigenvalue weighted by molar-refractivity contribution is 7.17. The largest absolute Gasteiger partial charge is 0.379 e. The molecule has 0 bridgehead atoms. The van der Waals surface area contributed by atoms with Crippen molar-refractivity contribution in [2.45, 2.75) is 20.4 Å². The number of morpholine rings is 1. The lowest BCUT2D eigenvalue weighted by Crippen LogP contribution is -2.41. The fourth-order valence-corrected chi connectivity index (χ4v) is 3.70. The van der Waals surface area contributed by atoms with Crippen LogP contribution in [0.3, 0.4) is 0 Å². The van der Waals surface area contributed by atoms with Gasteiger partial charge in [0.05, 0.1) is 23.4 Å². The number of ether oxygens (including phenoxy) is 1. The fraction of sp³-hybridized carbons (Fsp3) is 0.500. The van der Waals surface area contributed by atoms with Crippen LogP contribution in [0.25, 0.3) is 10.2 Å². The summed E-state index contributed by atoms with van der Waals surface area (Å²) in [7, 11) is 0. The number of hydrogen-bond acceptors (Lipinski definition) is 4. The first-order valence-corrected chi connectivity index (χ1v) is 9.31. The molecule has 0 aliphatic carbocycles. The van der Waals surface area contributed by atoms with Crippen LogP contribution >= 0.6 is 11.3 Å². The molecule has 1 aliphatic rings. The zero-order valence-corrected chi connectivity index (χ0v) is 15.2. The van der Waals surface area contributed by atoms with Gasteiger partial charge in [-0.1, -0.05) is 11.6 Å². The summed E-state index contributed by atoms with van der Waals surface area (Å²) in [5, 5.41) is 5.14. The summed E-state index contributed by atoms with van der Waals surface area (Å²) in [6.45, 7) is 9.90. The van der Waals surface area contributed by atoms with Crippen molar-refractivity contribution >= 4 is 27.5 Å². The van der Waals surface area contributed by atoms with Gasteiger partial charge in [-0.25, -0.2) is 0 Å². The van der Waals surface area contributed by atoms with Crippen LogP contribution in [0.1, 0.15) is 24.3 Å². The van der Waals surface area contributed by atoms with E-state index in [4.69, 9.17) is 4.74 Å². The maximum Gasteiger partial charge on any atom is 0.268 e. The van der Waals surface area contributed by atoms with Crippen LogP contribution in [0.15, 0.2) is 29.2 Å². The summed E-state index contributed by atoms with van der Waals surface area (Å²) < 4.78 is 8.61. The Morgan fingerprint density at radius 3 is 2.92 bits per heavy atom. The van der Waals surface area contributed by atoms with E-state index in [-0.39, 0.29) is 5.91 Å². The number of rotatable bonds is 6. The molecule has 24 heavy (non-hydrogen) atoms. The fourth-order valence-electron chi connectivity index (χ4n) is 2.88. The summed E-state index contributed by atoms with van der Waals surface area (Å²) in [5.41, 5.74) is 3.14. The van der Waals surface area contributed by atoms with Crippen LogP contribution in [0.4, 0.5) is 0 Å². The molecule has 1 saturated heterocycles. The molecule has 0 aromatic carbocycles. The predicted octanol–water partition coefficient (Wildman–Crippen LogP) is 2.73. The van der Waals surface area contributed by atoms with Crippen LogP contribution in [0.5, 0.6) is 0 Å². The van der Waals surface area contributed by atoms with Crippen molar-refractivity contribution in [1.29, 1.82) is 0 Å². The Morgan fingerprint density at radius 1 is 1.38 bits per heavy atom. The maximum atomic E-state index is 12.6. The minimum absolute atomic E-state index is 0.00816.